The van der Waals surface area contributed by atoms with Crippen LogP contribution in [0.5, 0.6) is 0 Å². The lowest BCUT2D eigenvalue weighted by molar-refractivity contribution is -0.156. The number of halogens is 1. The van der Waals surface area contributed by atoms with Gasteiger partial charge in [-0.25, -0.2) is 9.78 Å². The monoisotopic (exact) mass is 511 g/mol. The number of imide groups is 1. The number of likely N-dealkylation sites (tertiary alicyclic amines) is 1. The minimum absolute atomic E-state index is 0.273. The first-order chi connectivity index (χ1) is 16.8. The van der Waals surface area contributed by atoms with Crippen molar-refractivity contribution < 1.29 is 14.4 Å². The van der Waals surface area contributed by atoms with Crippen LogP contribution in [0, 0.1) is 5.92 Å². The number of aromatic nitrogens is 1. The van der Waals surface area contributed by atoms with E-state index in [9.17, 15) is 14.4 Å². The SMILES string of the molecule is CCC(NC(=O)N1C(=O)[C@H](Cc2ccnc(N)c2)[C@H]1C(=O)N(C)c1cccs1)c1cccc(Cl)c1. The molecule has 0 aliphatic carbocycles. The molecule has 2 aromatic heterocycles. The van der Waals surface area contributed by atoms with E-state index >= 15 is 0 Å². The molecule has 0 bridgehead atoms. The molecule has 0 spiro atoms. The van der Waals surface area contributed by atoms with Gasteiger partial charge in [0, 0.05) is 18.3 Å². The van der Waals surface area contributed by atoms with Gasteiger partial charge in [0.1, 0.15) is 11.9 Å². The fourth-order valence-corrected chi connectivity index (χ4v) is 5.16. The van der Waals surface area contributed by atoms with Gasteiger partial charge in [-0.15, -0.1) is 11.3 Å². The number of thiophene rings is 1. The maximum Gasteiger partial charge on any atom is 0.325 e. The van der Waals surface area contributed by atoms with Gasteiger partial charge in [-0.1, -0.05) is 30.7 Å². The first-order valence-corrected chi connectivity index (χ1v) is 12.5. The Hall–Kier alpha value is -3.43. The molecule has 10 heteroatoms. The topological polar surface area (TPSA) is 109 Å². The summed E-state index contributed by atoms with van der Waals surface area (Å²) in [5.74, 6) is -1.10. The van der Waals surface area contributed by atoms with Crippen molar-refractivity contribution in [3.8, 4) is 0 Å². The van der Waals surface area contributed by atoms with Crippen LogP contribution in [-0.2, 0) is 16.0 Å². The Bertz CT molecular complexity index is 1240. The second kappa shape index (κ2) is 10.5. The van der Waals surface area contributed by atoms with E-state index in [0.29, 0.717) is 17.3 Å². The van der Waals surface area contributed by atoms with E-state index in [-0.39, 0.29) is 18.4 Å². The van der Waals surface area contributed by atoms with Crippen molar-refractivity contribution in [1.82, 2.24) is 15.2 Å². The lowest BCUT2D eigenvalue weighted by Gasteiger charge is -2.45. The van der Waals surface area contributed by atoms with E-state index < -0.39 is 23.9 Å². The summed E-state index contributed by atoms with van der Waals surface area (Å²) in [5, 5.41) is 6.05. The molecule has 0 radical (unpaired) electrons. The number of carbonyl (C=O) groups excluding carboxylic acids is 3. The van der Waals surface area contributed by atoms with Gasteiger partial charge in [0.25, 0.3) is 5.91 Å². The number of urea groups is 1. The molecule has 1 aromatic carbocycles. The molecule has 3 heterocycles. The number of amides is 4. The summed E-state index contributed by atoms with van der Waals surface area (Å²) >= 11 is 7.53. The van der Waals surface area contributed by atoms with Crippen LogP contribution in [0.25, 0.3) is 0 Å². The number of nitrogens with one attached hydrogen (secondary N) is 1. The first-order valence-electron chi connectivity index (χ1n) is 11.2. The minimum atomic E-state index is -0.944. The van der Waals surface area contributed by atoms with Gasteiger partial charge < -0.3 is 16.0 Å². The number of anilines is 2. The van der Waals surface area contributed by atoms with Gasteiger partial charge in [-0.05, 0) is 65.7 Å². The molecule has 35 heavy (non-hydrogen) atoms. The van der Waals surface area contributed by atoms with Crippen LogP contribution in [0.2, 0.25) is 5.02 Å². The number of carbonyl (C=O) groups is 3. The Morgan fingerprint density at radius 1 is 1.26 bits per heavy atom. The number of β-lactam (4-membered cyclic amide) rings is 1. The Balaban J connectivity index is 1.59. The normalized spacial score (nSPS) is 18.0. The molecule has 3 aromatic rings. The predicted octanol–water partition coefficient (Wildman–Crippen LogP) is 4.27. The van der Waals surface area contributed by atoms with Crippen LogP contribution in [0.4, 0.5) is 15.6 Å². The summed E-state index contributed by atoms with van der Waals surface area (Å²) in [7, 11) is 1.65. The number of rotatable bonds is 7. The molecule has 4 amide bonds. The van der Waals surface area contributed by atoms with E-state index in [0.717, 1.165) is 21.0 Å². The third-order valence-corrected chi connectivity index (χ3v) is 7.29. The van der Waals surface area contributed by atoms with E-state index in [1.165, 1.54) is 16.2 Å². The zero-order valence-electron chi connectivity index (χ0n) is 19.3. The number of likely N-dealkylation sites (N-methyl/N-ethyl adjacent to an activating group) is 1. The maximum absolute atomic E-state index is 13.5. The molecule has 1 fully saturated rings. The minimum Gasteiger partial charge on any atom is -0.384 e. The summed E-state index contributed by atoms with van der Waals surface area (Å²) in [5.41, 5.74) is 7.39. The zero-order valence-corrected chi connectivity index (χ0v) is 20.9. The summed E-state index contributed by atoms with van der Waals surface area (Å²) in [6.45, 7) is 1.92. The van der Waals surface area contributed by atoms with Crippen LogP contribution in [0.3, 0.4) is 0 Å². The van der Waals surface area contributed by atoms with Gasteiger partial charge in [0.2, 0.25) is 5.91 Å². The highest BCUT2D eigenvalue weighted by molar-refractivity contribution is 7.14. The van der Waals surface area contributed by atoms with E-state index in [2.05, 4.69) is 10.3 Å². The van der Waals surface area contributed by atoms with Crippen LogP contribution in [0.15, 0.2) is 60.1 Å². The van der Waals surface area contributed by atoms with Crippen LogP contribution in [-0.4, -0.2) is 40.8 Å². The molecule has 1 aliphatic heterocycles. The lowest BCUT2D eigenvalue weighted by Crippen LogP contribution is -2.70. The van der Waals surface area contributed by atoms with Crippen LogP contribution >= 0.6 is 22.9 Å². The molecule has 1 unspecified atom stereocenters. The van der Waals surface area contributed by atoms with E-state index in [4.69, 9.17) is 17.3 Å². The van der Waals surface area contributed by atoms with Crippen molar-refractivity contribution in [1.29, 1.82) is 0 Å². The molecule has 3 atom stereocenters. The second-order valence-electron chi connectivity index (χ2n) is 8.37. The number of benzene rings is 1. The second-order valence-corrected chi connectivity index (χ2v) is 9.73. The summed E-state index contributed by atoms with van der Waals surface area (Å²) in [4.78, 5) is 46.5. The third-order valence-electron chi connectivity index (χ3n) is 6.11. The summed E-state index contributed by atoms with van der Waals surface area (Å²) < 4.78 is 0. The van der Waals surface area contributed by atoms with Crippen molar-refractivity contribution in [2.24, 2.45) is 5.92 Å². The number of hydrogen-bond donors (Lipinski definition) is 2. The van der Waals surface area contributed by atoms with Gasteiger partial charge in [-0.2, -0.15) is 0 Å². The molecule has 182 valence electrons. The van der Waals surface area contributed by atoms with Gasteiger partial charge in [-0.3, -0.25) is 14.5 Å². The Kier molecular flexibility index (Phi) is 7.37. The van der Waals surface area contributed by atoms with Crippen LogP contribution < -0.4 is 16.0 Å². The quantitative estimate of drug-likeness (QED) is 0.460. The zero-order chi connectivity index (χ0) is 25.1. The fraction of sp³-hybridized carbons (Fsp3) is 0.280. The largest absolute Gasteiger partial charge is 0.384 e. The Morgan fingerprint density at radius 2 is 2.06 bits per heavy atom. The average Bonchev–Trinajstić information content (AvgIpc) is 3.38. The molecule has 4 rings (SSSR count). The third kappa shape index (κ3) is 5.16. The first kappa shape index (κ1) is 24.7. The summed E-state index contributed by atoms with van der Waals surface area (Å²) in [6.07, 6.45) is 2.42. The number of nitrogen functional groups attached to an aromatic ring is 1. The Labute approximate surface area is 212 Å². The molecule has 0 saturated carbocycles. The molecule has 3 N–H and O–H groups in total. The highest BCUT2D eigenvalue weighted by Crippen LogP contribution is 2.34. The van der Waals surface area contributed by atoms with Crippen molar-refractivity contribution >= 4 is 51.6 Å². The van der Waals surface area contributed by atoms with Gasteiger partial charge in [0.15, 0.2) is 0 Å². The van der Waals surface area contributed by atoms with Crippen molar-refractivity contribution in [3.05, 3.63) is 76.3 Å². The highest BCUT2D eigenvalue weighted by Gasteiger charge is 2.55. The van der Waals surface area contributed by atoms with E-state index in [1.54, 1.807) is 43.6 Å². The standard InChI is InChI=1S/C25H26ClN5O3S/c1-3-19(16-6-4-7-17(26)14-16)29-25(34)31-22(24(33)30(2)21-8-5-11-35-21)18(23(31)32)12-15-9-10-28-20(27)13-15/h4-11,13-14,18-19,22H,3,12H2,1-2H3,(H2,27,28)(H,29,34)/t18-,19?,22+/m1/s1. The van der Waals surface area contributed by atoms with Crippen molar-refractivity contribution in [3.63, 3.8) is 0 Å². The molecule has 1 aliphatic rings. The molecule has 8 nitrogen and oxygen atoms in total. The lowest BCUT2D eigenvalue weighted by atomic mass is 9.81. The number of pyridine rings is 1. The summed E-state index contributed by atoms with van der Waals surface area (Å²) in [6, 6.07) is 12.4. The van der Waals surface area contributed by atoms with Gasteiger partial charge >= 0.3 is 6.03 Å². The fourth-order valence-electron chi connectivity index (χ4n) is 4.26. The molecule has 1 saturated heterocycles. The smallest absolute Gasteiger partial charge is 0.325 e. The Morgan fingerprint density at radius 3 is 2.71 bits per heavy atom. The predicted molar refractivity (Wildman–Crippen MR) is 137 cm³/mol. The number of hydrogen-bond acceptors (Lipinski definition) is 6. The van der Waals surface area contributed by atoms with Crippen molar-refractivity contribution in [2.45, 2.75) is 31.8 Å². The van der Waals surface area contributed by atoms with Crippen LogP contribution in [0.1, 0.15) is 30.5 Å². The average molecular weight is 512 g/mol. The van der Waals surface area contributed by atoms with Crippen molar-refractivity contribution in [2.75, 3.05) is 17.7 Å². The van der Waals surface area contributed by atoms with Gasteiger partial charge in [0.05, 0.1) is 17.0 Å². The maximum atomic E-state index is 13.5. The van der Waals surface area contributed by atoms with E-state index in [1.807, 2.05) is 30.5 Å². The molecular weight excluding hydrogens is 486 g/mol. The number of nitrogens with zero attached hydrogens (tertiary/aromatic N) is 3. The highest BCUT2D eigenvalue weighted by atomic mass is 35.5. The molecular formula is C25H26ClN5O3S. The number of nitrogens with two attached hydrogens (primary N) is 1.